The molecule has 1 aromatic carbocycles. The van der Waals surface area contributed by atoms with Crippen molar-refractivity contribution in [1.29, 1.82) is 0 Å². The molecule has 1 heterocycles. The standard InChI is InChI=1S/C10H11ClN2O/c1-13(2)10-8-4-3-7(11)5-9(8)14-6-12-10/h3-6,10H,1-2H3. The highest BCUT2D eigenvalue weighted by Crippen LogP contribution is 2.33. The van der Waals surface area contributed by atoms with E-state index >= 15 is 0 Å². The lowest BCUT2D eigenvalue weighted by Gasteiger charge is -2.25. The zero-order chi connectivity index (χ0) is 10.1. The number of nitrogens with zero attached hydrogens (tertiary/aromatic N) is 2. The first kappa shape index (κ1) is 9.49. The van der Waals surface area contributed by atoms with E-state index in [9.17, 15) is 0 Å². The molecule has 4 heteroatoms. The van der Waals surface area contributed by atoms with Gasteiger partial charge in [0.15, 0.2) is 6.40 Å². The van der Waals surface area contributed by atoms with Crippen LogP contribution in [0.25, 0.3) is 0 Å². The summed E-state index contributed by atoms with van der Waals surface area (Å²) in [6, 6.07) is 5.60. The molecule has 0 spiro atoms. The third-order valence-electron chi connectivity index (χ3n) is 2.12. The minimum absolute atomic E-state index is 0.0241. The van der Waals surface area contributed by atoms with Crippen LogP contribution in [0.3, 0.4) is 0 Å². The SMILES string of the molecule is CN(C)C1N=COc2cc(Cl)ccc21. The molecule has 14 heavy (non-hydrogen) atoms. The van der Waals surface area contributed by atoms with E-state index in [1.165, 1.54) is 6.40 Å². The van der Waals surface area contributed by atoms with Crippen molar-refractivity contribution in [3.05, 3.63) is 28.8 Å². The third-order valence-corrected chi connectivity index (χ3v) is 2.36. The highest BCUT2D eigenvalue weighted by atomic mass is 35.5. The largest absolute Gasteiger partial charge is 0.446 e. The van der Waals surface area contributed by atoms with Gasteiger partial charge in [0.25, 0.3) is 0 Å². The van der Waals surface area contributed by atoms with Gasteiger partial charge in [-0.2, -0.15) is 0 Å². The van der Waals surface area contributed by atoms with Crippen molar-refractivity contribution in [1.82, 2.24) is 4.90 Å². The van der Waals surface area contributed by atoms with Crippen molar-refractivity contribution in [3.8, 4) is 5.75 Å². The Labute approximate surface area is 88.0 Å². The van der Waals surface area contributed by atoms with Crippen LogP contribution in [0.15, 0.2) is 23.2 Å². The van der Waals surface area contributed by atoms with Crippen LogP contribution in [0.4, 0.5) is 0 Å². The van der Waals surface area contributed by atoms with Gasteiger partial charge in [-0.1, -0.05) is 17.7 Å². The Bertz CT molecular complexity index is 376. The summed E-state index contributed by atoms with van der Waals surface area (Å²) in [7, 11) is 3.96. The van der Waals surface area contributed by atoms with E-state index in [0.717, 1.165) is 11.3 Å². The normalized spacial score (nSPS) is 19.3. The molecule has 0 aromatic heterocycles. The average Bonchev–Trinajstić information content (AvgIpc) is 2.16. The number of hydrogen-bond acceptors (Lipinski definition) is 3. The van der Waals surface area contributed by atoms with Crippen molar-refractivity contribution >= 4 is 18.0 Å². The highest BCUT2D eigenvalue weighted by Gasteiger charge is 2.20. The number of hydrogen-bond donors (Lipinski definition) is 0. The van der Waals surface area contributed by atoms with E-state index in [-0.39, 0.29) is 6.17 Å². The summed E-state index contributed by atoms with van der Waals surface area (Å²) in [6.07, 6.45) is 1.49. The van der Waals surface area contributed by atoms with Gasteiger partial charge in [0.05, 0.1) is 0 Å². The monoisotopic (exact) mass is 210 g/mol. The maximum Gasteiger partial charge on any atom is 0.178 e. The predicted octanol–water partition coefficient (Wildman–Crippen LogP) is 2.32. The lowest BCUT2D eigenvalue weighted by Crippen LogP contribution is -2.21. The number of benzene rings is 1. The molecule has 0 aliphatic carbocycles. The van der Waals surface area contributed by atoms with Crippen LogP contribution in [0, 0.1) is 0 Å². The summed E-state index contributed by atoms with van der Waals surface area (Å²) in [5.74, 6) is 0.784. The fraction of sp³-hybridized carbons (Fsp3) is 0.300. The Balaban J connectivity index is 2.44. The number of halogens is 1. The van der Waals surface area contributed by atoms with Gasteiger partial charge in [0, 0.05) is 10.6 Å². The molecule has 2 rings (SSSR count). The van der Waals surface area contributed by atoms with Gasteiger partial charge in [-0.3, -0.25) is 4.90 Å². The Morgan fingerprint density at radius 1 is 1.43 bits per heavy atom. The van der Waals surface area contributed by atoms with Crippen LogP contribution >= 0.6 is 11.6 Å². The summed E-state index contributed by atoms with van der Waals surface area (Å²) in [5.41, 5.74) is 1.04. The molecule has 74 valence electrons. The lowest BCUT2D eigenvalue weighted by atomic mass is 10.1. The van der Waals surface area contributed by atoms with Crippen LogP contribution in [-0.4, -0.2) is 25.4 Å². The second-order valence-corrected chi connectivity index (χ2v) is 3.83. The molecule has 3 nitrogen and oxygen atoms in total. The summed E-state index contributed by atoms with van der Waals surface area (Å²) < 4.78 is 5.28. The van der Waals surface area contributed by atoms with E-state index in [2.05, 4.69) is 4.99 Å². The van der Waals surface area contributed by atoms with Crippen molar-refractivity contribution in [3.63, 3.8) is 0 Å². The lowest BCUT2D eigenvalue weighted by molar-refractivity contribution is 0.293. The van der Waals surface area contributed by atoms with E-state index in [1.54, 1.807) is 6.07 Å². The Morgan fingerprint density at radius 3 is 2.93 bits per heavy atom. The molecular weight excluding hydrogens is 200 g/mol. The van der Waals surface area contributed by atoms with E-state index < -0.39 is 0 Å². The summed E-state index contributed by atoms with van der Waals surface area (Å²) in [4.78, 5) is 6.26. The van der Waals surface area contributed by atoms with Gasteiger partial charge >= 0.3 is 0 Å². The molecule has 0 saturated heterocycles. The van der Waals surface area contributed by atoms with Gasteiger partial charge in [0.2, 0.25) is 0 Å². The zero-order valence-corrected chi connectivity index (χ0v) is 8.82. The second-order valence-electron chi connectivity index (χ2n) is 3.39. The topological polar surface area (TPSA) is 24.8 Å². The first-order valence-electron chi connectivity index (χ1n) is 4.32. The van der Waals surface area contributed by atoms with Gasteiger partial charge in [0.1, 0.15) is 11.9 Å². The first-order valence-corrected chi connectivity index (χ1v) is 4.70. The molecular formula is C10H11ClN2O. The highest BCUT2D eigenvalue weighted by molar-refractivity contribution is 6.30. The van der Waals surface area contributed by atoms with Gasteiger partial charge < -0.3 is 4.74 Å². The summed E-state index contributed by atoms with van der Waals surface area (Å²) >= 11 is 5.87. The van der Waals surface area contributed by atoms with Crippen LogP contribution in [-0.2, 0) is 0 Å². The minimum Gasteiger partial charge on any atom is -0.446 e. The van der Waals surface area contributed by atoms with Crippen molar-refractivity contribution in [2.75, 3.05) is 14.1 Å². The van der Waals surface area contributed by atoms with Crippen LogP contribution in [0.5, 0.6) is 5.75 Å². The van der Waals surface area contributed by atoms with Crippen molar-refractivity contribution in [2.24, 2.45) is 4.99 Å². The van der Waals surface area contributed by atoms with Gasteiger partial charge in [-0.05, 0) is 26.2 Å². The van der Waals surface area contributed by atoms with Crippen LogP contribution < -0.4 is 4.74 Å². The van der Waals surface area contributed by atoms with E-state index in [4.69, 9.17) is 16.3 Å². The number of rotatable bonds is 1. The molecule has 1 aromatic rings. The Kier molecular flexibility index (Phi) is 2.44. The first-order chi connectivity index (χ1) is 6.68. The second kappa shape index (κ2) is 3.59. The summed E-state index contributed by atoms with van der Waals surface area (Å²) in [6.45, 7) is 0. The average molecular weight is 211 g/mol. The van der Waals surface area contributed by atoms with E-state index in [1.807, 2.05) is 31.1 Å². The zero-order valence-electron chi connectivity index (χ0n) is 8.07. The van der Waals surface area contributed by atoms with Crippen LogP contribution in [0.2, 0.25) is 5.02 Å². The predicted molar refractivity (Wildman–Crippen MR) is 57.0 cm³/mol. The Morgan fingerprint density at radius 2 is 2.21 bits per heavy atom. The molecule has 0 saturated carbocycles. The quantitative estimate of drug-likeness (QED) is 0.711. The molecule has 1 aliphatic rings. The number of ether oxygens (including phenoxy) is 1. The maximum absolute atomic E-state index is 5.87. The van der Waals surface area contributed by atoms with Crippen LogP contribution in [0.1, 0.15) is 11.7 Å². The van der Waals surface area contributed by atoms with Gasteiger partial charge in [-0.15, -0.1) is 0 Å². The third kappa shape index (κ3) is 1.61. The van der Waals surface area contributed by atoms with Crippen molar-refractivity contribution in [2.45, 2.75) is 6.17 Å². The fourth-order valence-electron chi connectivity index (χ4n) is 1.46. The summed E-state index contributed by atoms with van der Waals surface area (Å²) in [5, 5.41) is 0.677. The number of aliphatic imine (C=N–C) groups is 1. The maximum atomic E-state index is 5.87. The molecule has 0 fully saturated rings. The number of fused-ring (bicyclic) bond motifs is 1. The minimum atomic E-state index is 0.0241. The van der Waals surface area contributed by atoms with Crippen molar-refractivity contribution < 1.29 is 4.74 Å². The Hall–Kier alpha value is -1.06. The molecule has 0 bridgehead atoms. The molecule has 1 aliphatic heterocycles. The molecule has 0 amide bonds. The fourth-order valence-corrected chi connectivity index (χ4v) is 1.62. The smallest absolute Gasteiger partial charge is 0.178 e. The van der Waals surface area contributed by atoms with E-state index in [0.29, 0.717) is 5.02 Å². The molecule has 0 N–H and O–H groups in total. The molecule has 0 radical (unpaired) electrons. The molecule has 1 unspecified atom stereocenters. The molecule has 1 atom stereocenters. The van der Waals surface area contributed by atoms with Gasteiger partial charge in [-0.25, -0.2) is 4.99 Å².